The molecule has 0 bridgehead atoms. The van der Waals surface area contributed by atoms with Gasteiger partial charge in [-0.15, -0.1) is 0 Å². The molecule has 7 heteroatoms. The van der Waals surface area contributed by atoms with E-state index in [-0.39, 0.29) is 18.6 Å². The summed E-state index contributed by atoms with van der Waals surface area (Å²) in [6.07, 6.45) is -0.548. The van der Waals surface area contributed by atoms with Gasteiger partial charge in [-0.3, -0.25) is 0 Å². The summed E-state index contributed by atoms with van der Waals surface area (Å²) in [5.41, 5.74) is 0. The van der Waals surface area contributed by atoms with Gasteiger partial charge in [-0.05, 0) is 13.3 Å². The summed E-state index contributed by atoms with van der Waals surface area (Å²) in [6.45, 7) is 2.83. The largest absolute Gasteiger partial charge is 0.479 e. The number of aliphatic carboxylic acids is 1. The first-order valence-corrected chi connectivity index (χ1v) is 5.55. The van der Waals surface area contributed by atoms with Crippen LogP contribution in [0.3, 0.4) is 0 Å². The van der Waals surface area contributed by atoms with Crippen LogP contribution in [0, 0.1) is 5.92 Å². The van der Waals surface area contributed by atoms with E-state index < -0.39 is 18.1 Å². The highest BCUT2D eigenvalue weighted by atomic mass is 16.5. The summed E-state index contributed by atoms with van der Waals surface area (Å²) in [6, 6.07) is -0.482. The molecule has 4 N–H and O–H groups in total. The number of nitrogens with one attached hydrogen (secondary N) is 2. The Morgan fingerprint density at radius 3 is 2.71 bits per heavy atom. The van der Waals surface area contributed by atoms with Crippen LogP contribution in [0.25, 0.3) is 0 Å². The molecule has 1 aliphatic heterocycles. The topological polar surface area (TPSA) is 108 Å². The SMILES string of the molecule is CC1OCCC1CNC(=O)NCC(O)C(=O)O. The van der Waals surface area contributed by atoms with Crippen molar-refractivity contribution in [2.75, 3.05) is 19.7 Å². The molecular weight excluding hydrogens is 228 g/mol. The van der Waals surface area contributed by atoms with Crippen LogP contribution in [0.2, 0.25) is 0 Å². The first-order chi connectivity index (χ1) is 8.00. The summed E-state index contributed by atoms with van der Waals surface area (Å²) < 4.78 is 5.34. The van der Waals surface area contributed by atoms with Crippen LogP contribution < -0.4 is 10.6 Å². The third kappa shape index (κ3) is 4.58. The number of carbonyl (C=O) groups is 2. The van der Waals surface area contributed by atoms with Crippen molar-refractivity contribution in [2.45, 2.75) is 25.6 Å². The average molecular weight is 246 g/mol. The van der Waals surface area contributed by atoms with Crippen molar-refractivity contribution < 1.29 is 24.5 Å². The molecular formula is C10H18N2O5. The molecule has 0 saturated carbocycles. The van der Waals surface area contributed by atoms with Gasteiger partial charge in [0, 0.05) is 19.1 Å². The van der Waals surface area contributed by atoms with E-state index in [9.17, 15) is 9.59 Å². The van der Waals surface area contributed by atoms with Crippen LogP contribution in [-0.2, 0) is 9.53 Å². The average Bonchev–Trinajstić information content (AvgIpc) is 2.68. The van der Waals surface area contributed by atoms with Gasteiger partial charge >= 0.3 is 12.0 Å². The van der Waals surface area contributed by atoms with Crippen LogP contribution in [0.1, 0.15) is 13.3 Å². The zero-order valence-corrected chi connectivity index (χ0v) is 9.68. The lowest BCUT2D eigenvalue weighted by Crippen LogP contribution is -2.43. The standard InChI is InChI=1S/C10H18N2O5/c1-6-7(2-3-17-6)4-11-10(16)12-5-8(13)9(14)15/h6-8,13H,2-5H2,1H3,(H,14,15)(H2,11,12,16). The minimum Gasteiger partial charge on any atom is -0.479 e. The molecule has 2 amide bonds. The maximum atomic E-state index is 11.3. The quantitative estimate of drug-likeness (QED) is 0.505. The number of rotatable bonds is 5. The molecule has 1 heterocycles. The zero-order valence-electron chi connectivity index (χ0n) is 9.68. The fraction of sp³-hybridized carbons (Fsp3) is 0.800. The molecule has 0 radical (unpaired) electrons. The zero-order chi connectivity index (χ0) is 12.8. The highest BCUT2D eigenvalue weighted by molar-refractivity contribution is 5.76. The Kier molecular flexibility index (Phi) is 5.17. The molecule has 0 aromatic heterocycles. The van der Waals surface area contributed by atoms with Crippen LogP contribution in [0.15, 0.2) is 0 Å². The van der Waals surface area contributed by atoms with E-state index in [1.54, 1.807) is 0 Å². The molecule has 7 nitrogen and oxygen atoms in total. The molecule has 1 rings (SSSR count). The number of ether oxygens (including phenoxy) is 1. The fourth-order valence-corrected chi connectivity index (χ4v) is 1.61. The molecule has 0 aromatic rings. The number of aliphatic hydroxyl groups excluding tert-OH is 1. The normalized spacial score (nSPS) is 25.3. The molecule has 1 saturated heterocycles. The number of carboxylic acid groups (broad SMARTS) is 1. The van der Waals surface area contributed by atoms with E-state index in [2.05, 4.69) is 10.6 Å². The maximum absolute atomic E-state index is 11.3. The Morgan fingerprint density at radius 2 is 2.18 bits per heavy atom. The second-order valence-electron chi connectivity index (χ2n) is 4.07. The van der Waals surface area contributed by atoms with Crippen molar-refractivity contribution in [3.63, 3.8) is 0 Å². The van der Waals surface area contributed by atoms with E-state index in [4.69, 9.17) is 14.9 Å². The lowest BCUT2D eigenvalue weighted by atomic mass is 10.0. The van der Waals surface area contributed by atoms with E-state index >= 15 is 0 Å². The van der Waals surface area contributed by atoms with E-state index in [0.29, 0.717) is 13.2 Å². The Hall–Kier alpha value is -1.34. The van der Waals surface area contributed by atoms with Crippen molar-refractivity contribution in [3.05, 3.63) is 0 Å². The summed E-state index contributed by atoms with van der Waals surface area (Å²) in [4.78, 5) is 21.5. The molecule has 0 spiro atoms. The Bertz CT molecular complexity index is 284. The number of carbonyl (C=O) groups excluding carboxylic acids is 1. The first kappa shape index (κ1) is 13.7. The first-order valence-electron chi connectivity index (χ1n) is 5.55. The van der Waals surface area contributed by atoms with Crippen LogP contribution in [0.5, 0.6) is 0 Å². The third-order valence-corrected chi connectivity index (χ3v) is 2.80. The van der Waals surface area contributed by atoms with E-state index in [1.807, 2.05) is 6.92 Å². The Balaban J connectivity index is 2.15. The summed E-state index contributed by atoms with van der Waals surface area (Å²) in [5.74, 6) is -1.08. The molecule has 17 heavy (non-hydrogen) atoms. The molecule has 3 unspecified atom stereocenters. The molecule has 0 aliphatic carbocycles. The van der Waals surface area contributed by atoms with Crippen molar-refractivity contribution in [1.82, 2.24) is 10.6 Å². The highest BCUT2D eigenvalue weighted by Gasteiger charge is 2.24. The van der Waals surface area contributed by atoms with Gasteiger partial charge in [-0.2, -0.15) is 0 Å². The van der Waals surface area contributed by atoms with Crippen molar-refractivity contribution in [1.29, 1.82) is 0 Å². The minimum absolute atomic E-state index is 0.125. The predicted octanol–water partition coefficient (Wildman–Crippen LogP) is -0.844. The van der Waals surface area contributed by atoms with Gasteiger partial charge < -0.3 is 25.6 Å². The number of hydrogen-bond donors (Lipinski definition) is 4. The van der Waals surface area contributed by atoms with Crippen molar-refractivity contribution in [3.8, 4) is 0 Å². The smallest absolute Gasteiger partial charge is 0.334 e. The van der Waals surface area contributed by atoms with E-state index in [1.165, 1.54) is 0 Å². The molecule has 0 aromatic carbocycles. The summed E-state index contributed by atoms with van der Waals surface area (Å²) in [7, 11) is 0. The van der Waals surface area contributed by atoms with Gasteiger partial charge in [0.15, 0.2) is 6.10 Å². The van der Waals surface area contributed by atoms with Gasteiger partial charge in [-0.25, -0.2) is 9.59 Å². The van der Waals surface area contributed by atoms with Crippen LogP contribution in [0.4, 0.5) is 4.79 Å². The second kappa shape index (κ2) is 6.41. The van der Waals surface area contributed by atoms with E-state index in [0.717, 1.165) is 6.42 Å². The number of amides is 2. The number of carboxylic acids is 1. The predicted molar refractivity (Wildman–Crippen MR) is 58.6 cm³/mol. The second-order valence-corrected chi connectivity index (χ2v) is 4.07. The number of aliphatic hydroxyl groups is 1. The Labute approximate surface area is 99.1 Å². The highest BCUT2D eigenvalue weighted by Crippen LogP contribution is 2.18. The number of hydrogen-bond acceptors (Lipinski definition) is 4. The van der Waals surface area contributed by atoms with Gasteiger partial charge in [0.25, 0.3) is 0 Å². The molecule has 98 valence electrons. The van der Waals surface area contributed by atoms with Crippen LogP contribution >= 0.6 is 0 Å². The molecule has 1 fully saturated rings. The van der Waals surface area contributed by atoms with Crippen molar-refractivity contribution >= 4 is 12.0 Å². The third-order valence-electron chi connectivity index (χ3n) is 2.80. The Morgan fingerprint density at radius 1 is 1.47 bits per heavy atom. The minimum atomic E-state index is -1.57. The van der Waals surface area contributed by atoms with Gasteiger partial charge in [0.05, 0.1) is 12.6 Å². The number of urea groups is 1. The van der Waals surface area contributed by atoms with Gasteiger partial charge in [0.1, 0.15) is 0 Å². The maximum Gasteiger partial charge on any atom is 0.334 e. The fourth-order valence-electron chi connectivity index (χ4n) is 1.61. The van der Waals surface area contributed by atoms with Gasteiger partial charge in [0.2, 0.25) is 0 Å². The molecule has 1 aliphatic rings. The monoisotopic (exact) mass is 246 g/mol. The van der Waals surface area contributed by atoms with Crippen molar-refractivity contribution in [2.24, 2.45) is 5.92 Å². The van der Waals surface area contributed by atoms with Gasteiger partial charge in [-0.1, -0.05) is 0 Å². The lowest BCUT2D eigenvalue weighted by molar-refractivity contribution is -0.146. The molecule has 3 atom stereocenters. The lowest BCUT2D eigenvalue weighted by Gasteiger charge is -2.15. The van der Waals surface area contributed by atoms with Crippen LogP contribution in [-0.4, -0.2) is 54.1 Å². The summed E-state index contributed by atoms with van der Waals surface area (Å²) in [5, 5.41) is 22.2. The summed E-state index contributed by atoms with van der Waals surface area (Å²) >= 11 is 0.